The number of aromatic hydroxyl groups is 1. The van der Waals surface area contributed by atoms with Crippen molar-refractivity contribution in [2.75, 3.05) is 6.54 Å². The van der Waals surface area contributed by atoms with E-state index in [1.54, 1.807) is 12.1 Å². The minimum Gasteiger partial charge on any atom is -1.00 e. The minimum absolute atomic E-state index is 0. The van der Waals surface area contributed by atoms with Gasteiger partial charge >= 0.3 is 0 Å². The van der Waals surface area contributed by atoms with Crippen molar-refractivity contribution in [1.82, 2.24) is 0 Å². The van der Waals surface area contributed by atoms with Crippen LogP contribution in [0.4, 0.5) is 0 Å². The standard InChI is InChI=1S/C16H25NO2.BrH/c1-15(2,3)11-7-10(13(18)9-17)8-12(14(11)19)16(4,5)6;/h7-8,19H,9,17H2,1-6H3;1H/p-1. The fraction of sp³-hybridized carbons (Fsp3) is 0.562. The van der Waals surface area contributed by atoms with Gasteiger partial charge < -0.3 is 27.8 Å². The van der Waals surface area contributed by atoms with Crippen LogP contribution in [0.1, 0.15) is 63.0 Å². The lowest BCUT2D eigenvalue weighted by Gasteiger charge is -2.28. The highest BCUT2D eigenvalue weighted by Crippen LogP contribution is 2.39. The fourth-order valence-corrected chi connectivity index (χ4v) is 2.06. The number of benzene rings is 1. The van der Waals surface area contributed by atoms with Crippen LogP contribution in [0.5, 0.6) is 5.75 Å². The molecule has 1 aromatic carbocycles. The van der Waals surface area contributed by atoms with Gasteiger partial charge in [-0.2, -0.15) is 0 Å². The van der Waals surface area contributed by atoms with Crippen LogP contribution in [0.3, 0.4) is 0 Å². The lowest BCUT2D eigenvalue weighted by molar-refractivity contribution is -0.0000138. The van der Waals surface area contributed by atoms with Crippen molar-refractivity contribution in [1.29, 1.82) is 0 Å². The maximum atomic E-state index is 11.9. The van der Waals surface area contributed by atoms with Gasteiger partial charge in [0.25, 0.3) is 0 Å². The second-order valence-electron chi connectivity index (χ2n) is 7.05. The van der Waals surface area contributed by atoms with Crippen LogP contribution < -0.4 is 22.7 Å². The van der Waals surface area contributed by atoms with E-state index in [1.165, 1.54) is 0 Å². The first-order chi connectivity index (χ1) is 8.48. The number of carbonyl (C=O) groups excluding carboxylic acids is 1. The van der Waals surface area contributed by atoms with Crippen LogP contribution in [0.2, 0.25) is 0 Å². The molecule has 0 unspecified atom stereocenters. The van der Waals surface area contributed by atoms with E-state index in [2.05, 4.69) is 0 Å². The Kier molecular flexibility index (Phi) is 6.00. The molecular formula is C16H25BrNO2-. The molecule has 114 valence electrons. The molecule has 0 aliphatic carbocycles. The second-order valence-corrected chi connectivity index (χ2v) is 7.05. The van der Waals surface area contributed by atoms with Crippen molar-refractivity contribution < 1.29 is 26.9 Å². The van der Waals surface area contributed by atoms with Crippen molar-refractivity contribution in [2.45, 2.75) is 52.4 Å². The maximum absolute atomic E-state index is 11.9. The number of rotatable bonds is 2. The summed E-state index contributed by atoms with van der Waals surface area (Å²) in [5.41, 5.74) is 7.15. The lowest BCUT2D eigenvalue weighted by Crippen LogP contribution is -3.00. The van der Waals surface area contributed by atoms with E-state index in [4.69, 9.17) is 5.73 Å². The molecule has 4 heteroatoms. The Morgan fingerprint density at radius 3 is 1.65 bits per heavy atom. The zero-order valence-electron chi connectivity index (χ0n) is 13.2. The third-order valence-corrected chi connectivity index (χ3v) is 3.23. The zero-order chi connectivity index (χ0) is 15.0. The predicted molar refractivity (Wildman–Crippen MR) is 78.9 cm³/mol. The number of ketones is 1. The smallest absolute Gasteiger partial charge is 0.176 e. The first kappa shape index (κ1) is 19.1. The molecule has 1 aromatic rings. The quantitative estimate of drug-likeness (QED) is 0.751. The number of phenolic OH excluding ortho intramolecular Hbond substituents is 1. The summed E-state index contributed by atoms with van der Waals surface area (Å²) >= 11 is 0. The molecule has 0 fully saturated rings. The van der Waals surface area contributed by atoms with Gasteiger partial charge in [0, 0.05) is 16.7 Å². The van der Waals surface area contributed by atoms with Crippen molar-refractivity contribution >= 4 is 5.78 Å². The van der Waals surface area contributed by atoms with Crippen molar-refractivity contribution in [3.05, 3.63) is 28.8 Å². The van der Waals surface area contributed by atoms with Crippen molar-refractivity contribution in [3.8, 4) is 5.75 Å². The molecule has 0 saturated carbocycles. The van der Waals surface area contributed by atoms with E-state index < -0.39 is 0 Å². The second kappa shape index (κ2) is 6.27. The van der Waals surface area contributed by atoms with Gasteiger partial charge in [0.2, 0.25) is 0 Å². The lowest BCUT2D eigenvalue weighted by atomic mass is 9.78. The molecule has 0 spiro atoms. The summed E-state index contributed by atoms with van der Waals surface area (Å²) in [6, 6.07) is 3.53. The molecule has 0 bridgehead atoms. The van der Waals surface area contributed by atoms with E-state index >= 15 is 0 Å². The Labute approximate surface area is 132 Å². The largest absolute Gasteiger partial charge is 1.00 e. The third-order valence-electron chi connectivity index (χ3n) is 3.23. The summed E-state index contributed by atoms with van der Waals surface area (Å²) in [7, 11) is 0. The highest BCUT2D eigenvalue weighted by molar-refractivity contribution is 5.98. The van der Waals surface area contributed by atoms with Crippen LogP contribution >= 0.6 is 0 Å². The van der Waals surface area contributed by atoms with Crippen LogP contribution in [-0.2, 0) is 10.8 Å². The minimum atomic E-state index is -0.227. The Hall–Kier alpha value is -0.870. The fourth-order valence-electron chi connectivity index (χ4n) is 2.06. The first-order valence-electron chi connectivity index (χ1n) is 6.59. The van der Waals surface area contributed by atoms with Crippen molar-refractivity contribution in [2.24, 2.45) is 5.73 Å². The summed E-state index contributed by atoms with van der Waals surface area (Å²) in [6.45, 7) is 12.1. The van der Waals surface area contributed by atoms with E-state index in [-0.39, 0.29) is 45.9 Å². The normalized spacial score (nSPS) is 11.9. The summed E-state index contributed by atoms with van der Waals surface area (Å²) in [5.74, 6) is 0.185. The van der Waals surface area contributed by atoms with Gasteiger partial charge in [0.15, 0.2) is 5.78 Å². The molecule has 1 rings (SSSR count). The van der Waals surface area contributed by atoms with Gasteiger partial charge in [-0.3, -0.25) is 4.79 Å². The van der Waals surface area contributed by atoms with Crippen molar-refractivity contribution in [3.63, 3.8) is 0 Å². The summed E-state index contributed by atoms with van der Waals surface area (Å²) in [4.78, 5) is 11.9. The molecule has 3 N–H and O–H groups in total. The third kappa shape index (κ3) is 4.06. The van der Waals surface area contributed by atoms with E-state index in [9.17, 15) is 9.90 Å². The Morgan fingerprint density at radius 1 is 1.05 bits per heavy atom. The highest BCUT2D eigenvalue weighted by Gasteiger charge is 2.27. The van der Waals surface area contributed by atoms with E-state index in [0.29, 0.717) is 5.56 Å². The molecule has 0 atom stereocenters. The van der Waals surface area contributed by atoms with Crippen LogP contribution in [0.15, 0.2) is 12.1 Å². The molecule has 0 saturated heterocycles. The SMILES string of the molecule is CC(C)(C)c1cc(C(=O)CN)cc(C(C)(C)C)c1O.[Br-]. The Bertz CT molecular complexity index is 461. The number of Topliss-reactive ketones (excluding diaryl/α,β-unsaturated/α-hetero) is 1. The van der Waals surface area contributed by atoms with Gasteiger partial charge in [-0.05, 0) is 23.0 Å². The molecule has 0 radical (unpaired) electrons. The predicted octanol–water partition coefficient (Wildman–Crippen LogP) is 0.133. The van der Waals surface area contributed by atoms with Gasteiger partial charge in [-0.25, -0.2) is 0 Å². The molecule has 0 amide bonds. The highest BCUT2D eigenvalue weighted by atomic mass is 79.9. The molecule has 3 nitrogen and oxygen atoms in total. The number of carbonyl (C=O) groups is 1. The average molecular weight is 343 g/mol. The van der Waals surface area contributed by atoms with E-state index in [1.807, 2.05) is 41.5 Å². The van der Waals surface area contributed by atoms with Gasteiger partial charge in [-0.1, -0.05) is 41.5 Å². The summed E-state index contributed by atoms with van der Waals surface area (Å²) in [6.07, 6.45) is 0. The number of halogens is 1. The Balaban J connectivity index is 0.00000361. The molecule has 0 aliphatic heterocycles. The summed E-state index contributed by atoms with van der Waals surface area (Å²) in [5, 5.41) is 10.5. The Morgan fingerprint density at radius 2 is 1.40 bits per heavy atom. The molecule has 0 heterocycles. The first-order valence-corrected chi connectivity index (χ1v) is 6.59. The van der Waals surface area contributed by atoms with Gasteiger partial charge in [0.05, 0.1) is 6.54 Å². The number of phenols is 1. The molecule has 20 heavy (non-hydrogen) atoms. The number of nitrogens with two attached hydrogens (primary N) is 1. The molecule has 0 aliphatic rings. The maximum Gasteiger partial charge on any atom is 0.176 e. The monoisotopic (exact) mass is 342 g/mol. The van der Waals surface area contributed by atoms with Gasteiger partial charge in [-0.15, -0.1) is 0 Å². The van der Waals surface area contributed by atoms with E-state index in [0.717, 1.165) is 11.1 Å². The van der Waals surface area contributed by atoms with Gasteiger partial charge in [0.1, 0.15) is 5.75 Å². The number of hydrogen-bond acceptors (Lipinski definition) is 3. The van der Waals surface area contributed by atoms with Crippen LogP contribution in [0.25, 0.3) is 0 Å². The van der Waals surface area contributed by atoms with Crippen LogP contribution in [-0.4, -0.2) is 17.4 Å². The van der Waals surface area contributed by atoms with Crippen LogP contribution in [0, 0.1) is 0 Å². The topological polar surface area (TPSA) is 63.3 Å². The molecule has 0 aromatic heterocycles. The number of hydrogen-bond donors (Lipinski definition) is 2. The zero-order valence-corrected chi connectivity index (χ0v) is 14.8. The summed E-state index contributed by atoms with van der Waals surface area (Å²) < 4.78 is 0. The average Bonchev–Trinajstić information content (AvgIpc) is 2.25. The molecular weight excluding hydrogens is 318 g/mol.